The van der Waals surface area contributed by atoms with Gasteiger partial charge in [-0.05, 0) is 24.6 Å². The summed E-state index contributed by atoms with van der Waals surface area (Å²) in [7, 11) is 0.850. The lowest BCUT2D eigenvalue weighted by molar-refractivity contribution is 0.0573. The third kappa shape index (κ3) is 2.68. The summed E-state index contributed by atoms with van der Waals surface area (Å²) in [6, 6.07) is 6.80. The minimum absolute atomic E-state index is 0.294. The molecule has 1 aromatic carbocycles. The molecule has 0 saturated carbocycles. The summed E-state index contributed by atoms with van der Waals surface area (Å²) < 4.78 is 4.89. The van der Waals surface area contributed by atoms with Crippen molar-refractivity contribution in [3.8, 4) is 0 Å². The van der Waals surface area contributed by atoms with Gasteiger partial charge in [0.15, 0.2) is 0 Å². The molecule has 0 amide bonds. The van der Waals surface area contributed by atoms with E-state index in [0.717, 1.165) is 15.8 Å². The molecule has 0 aliphatic heterocycles. The van der Waals surface area contributed by atoms with E-state index >= 15 is 0 Å². The van der Waals surface area contributed by atoms with E-state index in [4.69, 9.17) is 4.74 Å². The summed E-state index contributed by atoms with van der Waals surface area (Å²) >= 11 is 0. The highest BCUT2D eigenvalue weighted by Gasteiger charge is 2.06. The average molecular weight is 210 g/mol. The molecule has 0 aliphatic carbocycles. The lowest BCUT2D eigenvalue weighted by Crippen LogP contribution is -2.06. The van der Waals surface area contributed by atoms with Crippen molar-refractivity contribution in [2.45, 2.75) is 13.0 Å². The van der Waals surface area contributed by atoms with E-state index < -0.39 is 6.10 Å². The first-order valence-electron chi connectivity index (χ1n) is 4.60. The maximum atomic E-state index is 11.3. The topological polar surface area (TPSA) is 46.5 Å². The van der Waals surface area contributed by atoms with Crippen molar-refractivity contribution in [2.75, 3.05) is 6.23 Å². The second-order valence-corrected chi connectivity index (χ2v) is 3.60. The zero-order valence-electron chi connectivity index (χ0n) is 8.36. The van der Waals surface area contributed by atoms with Crippen LogP contribution in [0, 0.1) is 0 Å². The number of carbonyl (C=O) groups is 1. The second kappa shape index (κ2) is 4.93. The first-order chi connectivity index (χ1) is 6.65. The van der Waals surface area contributed by atoms with Crippen LogP contribution in [0.2, 0.25) is 0 Å². The number of esters is 1. The second-order valence-electron chi connectivity index (χ2n) is 3.02. The molecule has 1 rings (SSSR count). The number of hydrogen-bond acceptors (Lipinski definition) is 3. The SMILES string of the molecule is CC(O)c1ccc(C(=O)OC[SiH3])cc1. The van der Waals surface area contributed by atoms with Gasteiger partial charge >= 0.3 is 5.97 Å². The standard InChI is InChI=1S/C10H14O3Si/c1-7(11)8-2-4-9(5-3-8)10(12)13-6-14/h2-5,7,11H,6H2,1,14H3. The minimum atomic E-state index is -0.501. The molecule has 0 bridgehead atoms. The number of rotatable bonds is 3. The van der Waals surface area contributed by atoms with Crippen LogP contribution in [0.15, 0.2) is 24.3 Å². The van der Waals surface area contributed by atoms with Gasteiger partial charge in [0, 0.05) is 0 Å². The Balaban J connectivity index is 2.78. The molecule has 0 aromatic heterocycles. The number of benzene rings is 1. The fourth-order valence-corrected chi connectivity index (χ4v) is 1.37. The molecular weight excluding hydrogens is 196 g/mol. The van der Waals surface area contributed by atoms with Crippen molar-refractivity contribution in [1.29, 1.82) is 0 Å². The number of ether oxygens (including phenoxy) is 1. The molecular formula is C10H14O3Si. The molecule has 1 aromatic rings. The Morgan fingerprint density at radius 1 is 1.50 bits per heavy atom. The molecule has 0 spiro atoms. The predicted octanol–water partition coefficient (Wildman–Crippen LogP) is 0.220. The Labute approximate surface area is 86.1 Å². The first-order valence-corrected chi connectivity index (χ1v) is 6.01. The summed E-state index contributed by atoms with van der Waals surface area (Å²) in [4.78, 5) is 11.3. The maximum absolute atomic E-state index is 11.3. The van der Waals surface area contributed by atoms with Gasteiger partial charge in [0.1, 0.15) is 0 Å². The minimum Gasteiger partial charge on any atom is -0.467 e. The highest BCUT2D eigenvalue weighted by atomic mass is 28.1. The molecule has 76 valence electrons. The van der Waals surface area contributed by atoms with Crippen LogP contribution in [0.5, 0.6) is 0 Å². The van der Waals surface area contributed by atoms with E-state index in [1.807, 2.05) is 0 Å². The molecule has 4 heteroatoms. The monoisotopic (exact) mass is 210 g/mol. The van der Waals surface area contributed by atoms with Crippen LogP contribution in [0.25, 0.3) is 0 Å². The molecule has 0 radical (unpaired) electrons. The summed E-state index contributed by atoms with van der Waals surface area (Å²) in [6.07, 6.45) is 0.00965. The Morgan fingerprint density at radius 3 is 2.50 bits per heavy atom. The highest BCUT2D eigenvalue weighted by molar-refractivity contribution is 6.09. The Kier molecular flexibility index (Phi) is 3.85. The van der Waals surface area contributed by atoms with Crippen LogP contribution < -0.4 is 0 Å². The lowest BCUT2D eigenvalue weighted by Gasteiger charge is -2.05. The van der Waals surface area contributed by atoms with E-state index in [0.29, 0.717) is 11.8 Å². The fraction of sp³-hybridized carbons (Fsp3) is 0.300. The fourth-order valence-electron chi connectivity index (χ4n) is 1.11. The van der Waals surface area contributed by atoms with Gasteiger partial charge in [0.2, 0.25) is 0 Å². The zero-order chi connectivity index (χ0) is 10.6. The van der Waals surface area contributed by atoms with Gasteiger partial charge in [-0.1, -0.05) is 12.1 Å². The van der Waals surface area contributed by atoms with Gasteiger partial charge in [-0.3, -0.25) is 0 Å². The summed E-state index contributed by atoms with van der Waals surface area (Å²) in [5, 5.41) is 9.25. The molecule has 0 aliphatic rings. The summed E-state index contributed by atoms with van der Waals surface area (Å²) in [6.45, 7) is 1.69. The van der Waals surface area contributed by atoms with Crippen molar-refractivity contribution >= 4 is 16.2 Å². The lowest BCUT2D eigenvalue weighted by atomic mass is 10.1. The third-order valence-corrected chi connectivity index (χ3v) is 2.19. The maximum Gasteiger partial charge on any atom is 0.337 e. The van der Waals surface area contributed by atoms with E-state index in [-0.39, 0.29) is 5.97 Å². The quantitative estimate of drug-likeness (QED) is 0.573. The largest absolute Gasteiger partial charge is 0.467 e. The Morgan fingerprint density at radius 2 is 2.07 bits per heavy atom. The van der Waals surface area contributed by atoms with E-state index in [2.05, 4.69) is 0 Å². The molecule has 0 fully saturated rings. The normalized spacial score (nSPS) is 12.4. The average Bonchev–Trinajstić information content (AvgIpc) is 2.18. The first kappa shape index (κ1) is 10.9. The molecule has 0 saturated heterocycles. The van der Waals surface area contributed by atoms with Crippen molar-refractivity contribution < 1.29 is 14.6 Å². The van der Waals surface area contributed by atoms with Gasteiger partial charge in [-0.15, -0.1) is 0 Å². The van der Waals surface area contributed by atoms with Crippen LogP contribution in [0.3, 0.4) is 0 Å². The smallest absolute Gasteiger partial charge is 0.337 e. The van der Waals surface area contributed by atoms with E-state index in [1.165, 1.54) is 0 Å². The van der Waals surface area contributed by atoms with Gasteiger partial charge < -0.3 is 9.84 Å². The van der Waals surface area contributed by atoms with Crippen molar-refractivity contribution in [3.63, 3.8) is 0 Å². The van der Waals surface area contributed by atoms with Crippen molar-refractivity contribution in [1.82, 2.24) is 0 Å². The van der Waals surface area contributed by atoms with Crippen LogP contribution in [0.1, 0.15) is 28.9 Å². The molecule has 1 atom stereocenters. The molecule has 3 nitrogen and oxygen atoms in total. The molecule has 1 N–H and O–H groups in total. The van der Waals surface area contributed by atoms with Crippen molar-refractivity contribution in [2.24, 2.45) is 0 Å². The van der Waals surface area contributed by atoms with Gasteiger partial charge in [0.05, 0.1) is 28.1 Å². The van der Waals surface area contributed by atoms with Crippen LogP contribution >= 0.6 is 0 Å². The molecule has 14 heavy (non-hydrogen) atoms. The molecule has 0 heterocycles. The van der Waals surface area contributed by atoms with Crippen LogP contribution in [-0.4, -0.2) is 27.5 Å². The van der Waals surface area contributed by atoms with Crippen LogP contribution in [-0.2, 0) is 4.74 Å². The highest BCUT2D eigenvalue weighted by Crippen LogP contribution is 2.13. The molecule has 1 unspecified atom stereocenters. The number of aliphatic hydroxyl groups excluding tert-OH is 1. The van der Waals surface area contributed by atoms with Crippen molar-refractivity contribution in [3.05, 3.63) is 35.4 Å². The number of hydrogen-bond donors (Lipinski definition) is 1. The van der Waals surface area contributed by atoms with Gasteiger partial charge in [0.25, 0.3) is 0 Å². The van der Waals surface area contributed by atoms with E-state index in [1.54, 1.807) is 31.2 Å². The Hall–Kier alpha value is -1.13. The number of carbonyl (C=O) groups excluding carboxylic acids is 1. The summed E-state index contributed by atoms with van der Waals surface area (Å²) in [5.41, 5.74) is 1.33. The van der Waals surface area contributed by atoms with Crippen LogP contribution in [0.4, 0.5) is 0 Å². The summed E-state index contributed by atoms with van der Waals surface area (Å²) in [5.74, 6) is -0.294. The zero-order valence-corrected chi connectivity index (χ0v) is 10.4. The number of aliphatic hydroxyl groups is 1. The van der Waals surface area contributed by atoms with E-state index in [9.17, 15) is 9.90 Å². The third-order valence-electron chi connectivity index (χ3n) is 1.90. The van der Waals surface area contributed by atoms with Gasteiger partial charge in [-0.2, -0.15) is 0 Å². The predicted molar refractivity (Wildman–Crippen MR) is 57.3 cm³/mol. The Bertz CT molecular complexity index is 306. The van der Waals surface area contributed by atoms with Gasteiger partial charge in [-0.25, -0.2) is 4.79 Å².